The average molecular weight is 568 g/mol. The topological polar surface area (TPSA) is 71.0 Å². The number of anilines is 1. The number of aliphatic imine (C=N–C) groups is 1. The largest absolute Gasteiger partial charge is 0.493 e. The number of hydrogen-bond acceptors (Lipinski definition) is 5. The van der Waals surface area contributed by atoms with Crippen LogP contribution in [0.1, 0.15) is 37.4 Å². The van der Waals surface area contributed by atoms with Crippen molar-refractivity contribution in [1.82, 2.24) is 15.6 Å². The number of ether oxygens (including phenoxy) is 2. The summed E-state index contributed by atoms with van der Waals surface area (Å²) in [6.07, 6.45) is 4.12. The Labute approximate surface area is 215 Å². The second-order valence-electron chi connectivity index (χ2n) is 8.06. The molecule has 1 aliphatic rings. The van der Waals surface area contributed by atoms with Crippen LogP contribution >= 0.6 is 24.0 Å². The number of pyridine rings is 1. The van der Waals surface area contributed by atoms with Gasteiger partial charge in [-0.2, -0.15) is 0 Å². The molecule has 0 unspecified atom stereocenters. The average Bonchev–Trinajstić information content (AvgIpc) is 2.82. The van der Waals surface area contributed by atoms with E-state index in [1.54, 1.807) is 7.11 Å². The van der Waals surface area contributed by atoms with Crippen molar-refractivity contribution in [2.45, 2.75) is 45.6 Å². The Morgan fingerprint density at radius 2 is 1.97 bits per heavy atom. The number of benzene rings is 1. The second kappa shape index (κ2) is 14.1. The molecule has 0 bridgehead atoms. The molecule has 2 N–H and O–H groups in total. The number of methoxy groups -OCH3 is 1. The van der Waals surface area contributed by atoms with Gasteiger partial charge >= 0.3 is 0 Å². The molecular formula is C25H38IN5O2. The Morgan fingerprint density at radius 3 is 2.64 bits per heavy atom. The van der Waals surface area contributed by atoms with Gasteiger partial charge in [0.15, 0.2) is 17.5 Å². The van der Waals surface area contributed by atoms with Gasteiger partial charge in [-0.3, -0.25) is 4.99 Å². The van der Waals surface area contributed by atoms with Crippen LogP contribution in [-0.2, 0) is 6.42 Å². The third-order valence-electron chi connectivity index (χ3n) is 5.72. The van der Waals surface area contributed by atoms with E-state index in [4.69, 9.17) is 9.47 Å². The zero-order valence-corrected chi connectivity index (χ0v) is 22.6. The Bertz CT molecular complexity index is 885. The molecule has 0 atom stereocenters. The van der Waals surface area contributed by atoms with Crippen molar-refractivity contribution in [2.24, 2.45) is 4.99 Å². The summed E-state index contributed by atoms with van der Waals surface area (Å²) in [5.74, 6) is 3.55. The summed E-state index contributed by atoms with van der Waals surface area (Å²) in [7, 11) is 3.50. The first-order valence-corrected chi connectivity index (χ1v) is 11.6. The molecular weight excluding hydrogens is 529 g/mol. The molecule has 1 aromatic carbocycles. The number of aryl methyl sites for hydroxylation is 2. The molecule has 1 aromatic heterocycles. The normalized spacial score (nSPS) is 14.4. The number of nitrogens with zero attached hydrogens (tertiary/aromatic N) is 3. The van der Waals surface area contributed by atoms with Crippen molar-refractivity contribution in [3.8, 4) is 11.5 Å². The molecule has 8 heteroatoms. The lowest BCUT2D eigenvalue weighted by molar-refractivity contribution is 0.310. The number of aromatic nitrogens is 1. The van der Waals surface area contributed by atoms with Gasteiger partial charge in [-0.25, -0.2) is 4.98 Å². The van der Waals surface area contributed by atoms with E-state index >= 15 is 0 Å². The first-order chi connectivity index (χ1) is 15.6. The molecule has 33 heavy (non-hydrogen) atoms. The van der Waals surface area contributed by atoms with Gasteiger partial charge < -0.3 is 25.0 Å². The number of piperidine rings is 1. The third kappa shape index (κ3) is 8.24. The zero-order chi connectivity index (χ0) is 22.8. The number of rotatable bonds is 9. The van der Waals surface area contributed by atoms with Crippen LogP contribution in [0.15, 0.2) is 41.4 Å². The molecule has 1 fully saturated rings. The standard InChI is InChI=1S/C25H37N5O2.HI/c1-5-32-23-18-20(11-12-22(23)31-4)9-7-15-27-25(26-3)29-21-13-16-30(17-14-21)24-10-6-8-19(2)28-24;/h6,8,10-12,18,21H,5,7,9,13-17H2,1-4H3,(H2,26,27,29);1H. The monoisotopic (exact) mass is 567 g/mol. The van der Waals surface area contributed by atoms with Crippen LogP contribution < -0.4 is 25.0 Å². The third-order valence-corrected chi connectivity index (χ3v) is 5.72. The predicted molar refractivity (Wildman–Crippen MR) is 147 cm³/mol. The molecule has 0 radical (unpaired) electrons. The minimum atomic E-state index is 0. The maximum atomic E-state index is 5.68. The summed E-state index contributed by atoms with van der Waals surface area (Å²) in [6.45, 7) is 7.53. The van der Waals surface area contributed by atoms with E-state index in [9.17, 15) is 0 Å². The highest BCUT2D eigenvalue weighted by atomic mass is 127. The van der Waals surface area contributed by atoms with Crippen LogP contribution in [-0.4, -0.2) is 57.4 Å². The van der Waals surface area contributed by atoms with E-state index in [1.807, 2.05) is 33.0 Å². The lowest BCUT2D eigenvalue weighted by atomic mass is 10.1. The Kier molecular flexibility index (Phi) is 11.6. The zero-order valence-electron chi connectivity index (χ0n) is 20.3. The van der Waals surface area contributed by atoms with E-state index < -0.39 is 0 Å². The van der Waals surface area contributed by atoms with E-state index in [1.165, 1.54) is 5.56 Å². The second-order valence-corrected chi connectivity index (χ2v) is 8.06. The van der Waals surface area contributed by atoms with Crippen molar-refractivity contribution in [3.05, 3.63) is 47.7 Å². The summed E-state index contributed by atoms with van der Waals surface area (Å²) in [6, 6.07) is 12.8. The van der Waals surface area contributed by atoms with E-state index in [0.717, 1.165) is 74.3 Å². The first-order valence-electron chi connectivity index (χ1n) is 11.6. The van der Waals surface area contributed by atoms with Gasteiger partial charge in [0.05, 0.1) is 13.7 Å². The number of nitrogens with one attached hydrogen (secondary N) is 2. The molecule has 0 aliphatic carbocycles. The fourth-order valence-corrected chi connectivity index (χ4v) is 3.99. The summed E-state index contributed by atoms with van der Waals surface area (Å²) >= 11 is 0. The maximum absolute atomic E-state index is 5.68. The van der Waals surface area contributed by atoms with Crippen LogP contribution in [0.5, 0.6) is 11.5 Å². The highest BCUT2D eigenvalue weighted by Crippen LogP contribution is 2.28. The van der Waals surface area contributed by atoms with E-state index in [0.29, 0.717) is 12.6 Å². The molecule has 0 spiro atoms. The SMILES string of the molecule is CCOc1cc(CCCNC(=NC)NC2CCN(c3cccc(C)n3)CC2)ccc1OC.I. The van der Waals surface area contributed by atoms with Crippen molar-refractivity contribution >= 4 is 35.8 Å². The van der Waals surface area contributed by atoms with Crippen molar-refractivity contribution in [1.29, 1.82) is 0 Å². The summed E-state index contributed by atoms with van der Waals surface area (Å²) < 4.78 is 11.0. The maximum Gasteiger partial charge on any atom is 0.191 e. The highest BCUT2D eigenvalue weighted by molar-refractivity contribution is 14.0. The van der Waals surface area contributed by atoms with Gasteiger partial charge in [0, 0.05) is 38.4 Å². The molecule has 182 valence electrons. The van der Waals surface area contributed by atoms with Gasteiger partial charge in [-0.15, -0.1) is 24.0 Å². The minimum absolute atomic E-state index is 0. The van der Waals surface area contributed by atoms with Gasteiger partial charge in [0.25, 0.3) is 0 Å². The first kappa shape index (κ1) is 27.0. The summed E-state index contributed by atoms with van der Waals surface area (Å²) in [5.41, 5.74) is 2.31. The predicted octanol–water partition coefficient (Wildman–Crippen LogP) is 4.18. The Hall–Kier alpha value is -2.23. The fraction of sp³-hybridized carbons (Fsp3) is 0.520. The summed E-state index contributed by atoms with van der Waals surface area (Å²) in [4.78, 5) is 11.4. The number of guanidine groups is 1. The van der Waals surface area contributed by atoms with Crippen LogP contribution in [0.25, 0.3) is 0 Å². The highest BCUT2D eigenvalue weighted by Gasteiger charge is 2.20. The van der Waals surface area contributed by atoms with Crippen LogP contribution in [0.2, 0.25) is 0 Å². The van der Waals surface area contributed by atoms with Gasteiger partial charge in [0.1, 0.15) is 5.82 Å². The molecule has 1 aliphatic heterocycles. The molecule has 2 aromatic rings. The number of hydrogen-bond donors (Lipinski definition) is 2. The van der Waals surface area contributed by atoms with Gasteiger partial charge in [-0.1, -0.05) is 12.1 Å². The van der Waals surface area contributed by atoms with Gasteiger partial charge in [0.2, 0.25) is 0 Å². The van der Waals surface area contributed by atoms with Crippen molar-refractivity contribution in [3.63, 3.8) is 0 Å². The van der Waals surface area contributed by atoms with E-state index in [-0.39, 0.29) is 24.0 Å². The van der Waals surface area contributed by atoms with Gasteiger partial charge in [-0.05, 0) is 69.4 Å². The number of halogens is 1. The lowest BCUT2D eigenvalue weighted by Crippen LogP contribution is -2.49. The molecule has 0 amide bonds. The smallest absolute Gasteiger partial charge is 0.191 e. The molecule has 0 saturated carbocycles. The summed E-state index contributed by atoms with van der Waals surface area (Å²) in [5, 5.41) is 7.04. The molecule has 1 saturated heterocycles. The minimum Gasteiger partial charge on any atom is -0.493 e. The van der Waals surface area contributed by atoms with Crippen LogP contribution in [0.4, 0.5) is 5.82 Å². The van der Waals surface area contributed by atoms with E-state index in [2.05, 4.69) is 49.8 Å². The Morgan fingerprint density at radius 1 is 1.18 bits per heavy atom. The van der Waals surface area contributed by atoms with Crippen LogP contribution in [0.3, 0.4) is 0 Å². The molecule has 2 heterocycles. The molecule has 3 rings (SSSR count). The quantitative estimate of drug-likeness (QED) is 0.205. The Balaban J connectivity index is 0.00000385. The van der Waals surface area contributed by atoms with Crippen molar-refractivity contribution in [2.75, 3.05) is 45.3 Å². The van der Waals surface area contributed by atoms with Crippen molar-refractivity contribution < 1.29 is 9.47 Å². The fourth-order valence-electron chi connectivity index (χ4n) is 3.99. The van der Waals surface area contributed by atoms with Crippen LogP contribution in [0, 0.1) is 6.92 Å². The molecule has 7 nitrogen and oxygen atoms in total. The lowest BCUT2D eigenvalue weighted by Gasteiger charge is -2.34.